The van der Waals surface area contributed by atoms with Gasteiger partial charge < -0.3 is 9.67 Å². The van der Waals surface area contributed by atoms with Gasteiger partial charge in [-0.05, 0) is 66.4 Å². The monoisotopic (exact) mass is 673 g/mol. The molecule has 0 saturated carbocycles. The number of hydrogen-bond acceptors (Lipinski definition) is 4. The highest BCUT2D eigenvalue weighted by Gasteiger charge is 2.40. The summed E-state index contributed by atoms with van der Waals surface area (Å²) < 4.78 is 31.7. The van der Waals surface area contributed by atoms with Gasteiger partial charge in [-0.1, -0.05) is 133 Å². The zero-order chi connectivity index (χ0) is 34.5. The largest absolute Gasteiger partial charge is 0.379 e. The van der Waals surface area contributed by atoms with Crippen LogP contribution < -0.4 is 0 Å². The van der Waals surface area contributed by atoms with Gasteiger partial charge in [0.2, 0.25) is 0 Å². The lowest BCUT2D eigenvalue weighted by Gasteiger charge is -2.37. The number of aliphatic hydroxyl groups is 1. The quantitative estimate of drug-likeness (QED) is 0.164. The van der Waals surface area contributed by atoms with Crippen LogP contribution in [0, 0.1) is 6.92 Å². The van der Waals surface area contributed by atoms with Gasteiger partial charge in [0.1, 0.15) is 11.1 Å². The van der Waals surface area contributed by atoms with Crippen molar-refractivity contribution in [1.29, 1.82) is 0 Å². The molecule has 8 rings (SSSR count). The van der Waals surface area contributed by atoms with E-state index in [4.69, 9.17) is 4.98 Å². The normalized spacial score (nSPS) is 13.4. The summed E-state index contributed by atoms with van der Waals surface area (Å²) in [6, 6.07) is 50.8. The molecule has 7 heteroatoms. The van der Waals surface area contributed by atoms with Crippen LogP contribution in [0.15, 0.2) is 175 Å². The number of fused-ring (bicyclic) bond motifs is 3. The lowest BCUT2D eigenvalue weighted by atomic mass is 9.76. The summed E-state index contributed by atoms with van der Waals surface area (Å²) in [6.07, 6.45) is 3.71. The molecule has 50 heavy (non-hydrogen) atoms. The maximum Gasteiger partial charge on any atom is 0.268 e. The molecular weight excluding hydrogens is 639 g/mol. The van der Waals surface area contributed by atoms with Crippen molar-refractivity contribution < 1.29 is 13.5 Å². The van der Waals surface area contributed by atoms with Gasteiger partial charge in [0.25, 0.3) is 10.0 Å². The highest BCUT2D eigenvalue weighted by molar-refractivity contribution is 7.90. The summed E-state index contributed by atoms with van der Waals surface area (Å²) in [5, 5.41) is 13.8. The molecule has 0 bridgehead atoms. The second-order valence-corrected chi connectivity index (χ2v) is 14.7. The second kappa shape index (κ2) is 12.0. The van der Waals surface area contributed by atoms with E-state index in [1.165, 1.54) is 3.97 Å². The zero-order valence-electron chi connectivity index (χ0n) is 27.7. The lowest BCUT2D eigenvalue weighted by Crippen LogP contribution is -2.37. The minimum atomic E-state index is -3.92. The summed E-state index contributed by atoms with van der Waals surface area (Å²) in [4.78, 5) is 5.07. The third-order valence-electron chi connectivity index (χ3n) is 9.79. The van der Waals surface area contributed by atoms with E-state index >= 15 is 0 Å². The number of hydrogen-bond donors (Lipinski definition) is 1. The van der Waals surface area contributed by atoms with Crippen molar-refractivity contribution in [2.75, 3.05) is 0 Å². The van der Waals surface area contributed by atoms with Crippen molar-refractivity contribution in [3.63, 3.8) is 0 Å². The Bertz CT molecular complexity index is 2480. The smallest absolute Gasteiger partial charge is 0.268 e. The summed E-state index contributed by atoms with van der Waals surface area (Å²) in [6.45, 7) is 3.66. The van der Waals surface area contributed by atoms with E-state index in [0.717, 1.165) is 33.0 Å². The Balaban J connectivity index is 1.30. The van der Waals surface area contributed by atoms with Gasteiger partial charge in [-0.3, -0.25) is 0 Å². The molecule has 1 atom stereocenters. The first-order valence-electron chi connectivity index (χ1n) is 16.5. The second-order valence-electron chi connectivity index (χ2n) is 12.9. The van der Waals surface area contributed by atoms with Crippen molar-refractivity contribution in [3.8, 4) is 0 Å². The number of nitrogens with zero attached hydrogens (tertiary/aromatic N) is 3. The summed E-state index contributed by atoms with van der Waals surface area (Å²) in [5.41, 5.74) is 3.97. The standard InChI is InChI=1S/C43H35N3O3S/c1-31-22-25-36(26-23-31)50(48,49)46-39-21-13-12-20-37(39)38-28-35(24-27-40(38)46)42(2,47)41-29-45(30-44-41)43(32-14-6-3-7-15-32,33-16-8-4-9-17-33)34-18-10-5-11-19-34/h3-30,47H,1-2H3. The minimum absolute atomic E-state index is 0.214. The van der Waals surface area contributed by atoms with Gasteiger partial charge in [0, 0.05) is 17.0 Å². The lowest BCUT2D eigenvalue weighted by molar-refractivity contribution is 0.0978. The van der Waals surface area contributed by atoms with Crippen LogP contribution in [0.2, 0.25) is 0 Å². The number of aromatic nitrogens is 3. The van der Waals surface area contributed by atoms with Crippen molar-refractivity contribution in [3.05, 3.63) is 204 Å². The van der Waals surface area contributed by atoms with Crippen LogP contribution in [0.3, 0.4) is 0 Å². The fourth-order valence-electron chi connectivity index (χ4n) is 7.21. The van der Waals surface area contributed by atoms with Crippen LogP contribution in [0.4, 0.5) is 0 Å². The molecule has 6 aromatic carbocycles. The third kappa shape index (κ3) is 4.89. The molecule has 2 aromatic heterocycles. The molecule has 2 heterocycles. The molecular formula is C43H35N3O3S. The zero-order valence-corrected chi connectivity index (χ0v) is 28.5. The number of aryl methyl sites for hydroxylation is 1. The minimum Gasteiger partial charge on any atom is -0.379 e. The van der Waals surface area contributed by atoms with Gasteiger partial charge in [0.05, 0.1) is 28.0 Å². The Morgan fingerprint density at radius 2 is 1.12 bits per heavy atom. The van der Waals surface area contributed by atoms with Crippen LogP contribution in [-0.2, 0) is 21.2 Å². The highest BCUT2D eigenvalue weighted by atomic mass is 32.2. The van der Waals surface area contributed by atoms with Crippen molar-refractivity contribution in [1.82, 2.24) is 13.5 Å². The maximum absolute atomic E-state index is 14.1. The van der Waals surface area contributed by atoms with Crippen LogP contribution >= 0.6 is 0 Å². The van der Waals surface area contributed by atoms with Gasteiger partial charge >= 0.3 is 0 Å². The maximum atomic E-state index is 14.1. The van der Waals surface area contributed by atoms with Crippen molar-refractivity contribution in [2.24, 2.45) is 0 Å². The van der Waals surface area contributed by atoms with Gasteiger partial charge in [0.15, 0.2) is 0 Å². The fraction of sp³-hybridized carbons (Fsp3) is 0.0930. The van der Waals surface area contributed by atoms with E-state index in [0.29, 0.717) is 22.3 Å². The van der Waals surface area contributed by atoms with E-state index in [1.54, 1.807) is 49.6 Å². The van der Waals surface area contributed by atoms with Crippen LogP contribution in [-0.4, -0.2) is 27.0 Å². The van der Waals surface area contributed by atoms with Gasteiger partial charge in [-0.15, -0.1) is 0 Å². The molecule has 0 fully saturated rings. The van der Waals surface area contributed by atoms with E-state index in [1.807, 2.05) is 98.0 Å². The average molecular weight is 674 g/mol. The summed E-state index contributed by atoms with van der Waals surface area (Å²) >= 11 is 0. The number of benzene rings is 6. The van der Waals surface area contributed by atoms with Crippen molar-refractivity contribution >= 4 is 31.8 Å². The molecule has 0 aliphatic rings. The topological polar surface area (TPSA) is 77.1 Å². The average Bonchev–Trinajstić information content (AvgIpc) is 3.78. The molecule has 0 spiro atoms. The molecule has 246 valence electrons. The van der Waals surface area contributed by atoms with E-state index < -0.39 is 21.2 Å². The first kappa shape index (κ1) is 31.5. The molecule has 0 radical (unpaired) electrons. The van der Waals surface area contributed by atoms with Crippen LogP contribution in [0.5, 0.6) is 0 Å². The van der Waals surface area contributed by atoms with Crippen LogP contribution in [0.25, 0.3) is 21.8 Å². The van der Waals surface area contributed by atoms with E-state index in [2.05, 4.69) is 41.0 Å². The summed E-state index contributed by atoms with van der Waals surface area (Å²) in [5.74, 6) is 0. The molecule has 1 unspecified atom stereocenters. The van der Waals surface area contributed by atoms with Crippen LogP contribution in [0.1, 0.15) is 40.4 Å². The predicted octanol–water partition coefficient (Wildman–Crippen LogP) is 8.63. The molecule has 6 nitrogen and oxygen atoms in total. The van der Waals surface area contributed by atoms with Gasteiger partial charge in [-0.25, -0.2) is 17.4 Å². The number of para-hydroxylation sites is 1. The number of imidazole rings is 1. The summed E-state index contributed by atoms with van der Waals surface area (Å²) in [7, 11) is -3.92. The SMILES string of the molecule is Cc1ccc(S(=O)(=O)n2c3ccccc3c3cc(C(C)(O)c4cn(C(c5ccccc5)(c5ccccc5)c5ccccc5)cn4)ccc32)cc1. The number of rotatable bonds is 8. The Hall–Kier alpha value is -5.76. The molecule has 1 N–H and O–H groups in total. The molecule has 0 aliphatic heterocycles. The molecule has 0 aliphatic carbocycles. The highest BCUT2D eigenvalue weighted by Crippen LogP contribution is 2.42. The van der Waals surface area contributed by atoms with Gasteiger partial charge in [-0.2, -0.15) is 0 Å². The third-order valence-corrected chi connectivity index (χ3v) is 11.5. The first-order valence-corrected chi connectivity index (χ1v) is 18.0. The Labute approximate surface area is 291 Å². The predicted molar refractivity (Wildman–Crippen MR) is 199 cm³/mol. The fourth-order valence-corrected chi connectivity index (χ4v) is 8.73. The first-order chi connectivity index (χ1) is 24.2. The molecule has 0 amide bonds. The Kier molecular flexibility index (Phi) is 7.55. The van der Waals surface area contributed by atoms with Crippen molar-refractivity contribution in [2.45, 2.75) is 29.9 Å². The van der Waals surface area contributed by atoms with E-state index in [9.17, 15) is 13.5 Å². The Morgan fingerprint density at radius 3 is 1.70 bits per heavy atom. The Morgan fingerprint density at radius 1 is 0.600 bits per heavy atom. The molecule has 8 aromatic rings. The van der Waals surface area contributed by atoms with E-state index in [-0.39, 0.29) is 4.90 Å². The molecule has 0 saturated heterocycles.